The Morgan fingerprint density at radius 3 is 2.50 bits per heavy atom. The van der Waals surface area contributed by atoms with Gasteiger partial charge in [-0.15, -0.1) is 0 Å². The highest BCUT2D eigenvalue weighted by molar-refractivity contribution is 6.35. The van der Waals surface area contributed by atoms with Gasteiger partial charge in [0.15, 0.2) is 0 Å². The Labute approximate surface area is 290 Å². The molecule has 2 fully saturated rings. The van der Waals surface area contributed by atoms with E-state index >= 15 is 0 Å². The van der Waals surface area contributed by atoms with Crippen LogP contribution in [0.1, 0.15) is 62.7 Å². The molecule has 48 heavy (non-hydrogen) atoms. The summed E-state index contributed by atoms with van der Waals surface area (Å²) in [6.07, 6.45) is 4.31. The lowest BCUT2D eigenvalue weighted by molar-refractivity contribution is -0.0180. The molecule has 1 N–H and O–H groups in total. The molecule has 3 aromatic carbocycles. The van der Waals surface area contributed by atoms with E-state index in [4.69, 9.17) is 26.2 Å². The van der Waals surface area contributed by atoms with Crippen LogP contribution in [-0.2, 0) is 31.4 Å². The third-order valence-corrected chi connectivity index (χ3v) is 10.8. The second kappa shape index (κ2) is 13.2. The van der Waals surface area contributed by atoms with Crippen LogP contribution in [0.25, 0.3) is 32.8 Å². The van der Waals surface area contributed by atoms with Crippen molar-refractivity contribution in [2.75, 3.05) is 32.8 Å². The molecule has 0 bridgehead atoms. The fraction of sp³-hybridized carbons (Fsp3) is 0.475. The summed E-state index contributed by atoms with van der Waals surface area (Å²) in [7, 11) is 2.02. The van der Waals surface area contributed by atoms with Crippen LogP contribution in [0.2, 0.25) is 5.02 Å². The van der Waals surface area contributed by atoms with E-state index in [-0.39, 0.29) is 5.60 Å². The molecule has 2 aliphatic rings. The summed E-state index contributed by atoms with van der Waals surface area (Å²) in [6.45, 7) is 16.9. The van der Waals surface area contributed by atoms with E-state index in [9.17, 15) is 0 Å². The molecule has 7 rings (SSSR count). The van der Waals surface area contributed by atoms with Crippen LogP contribution in [0.4, 0.5) is 0 Å². The summed E-state index contributed by atoms with van der Waals surface area (Å²) in [6, 6.07) is 19.0. The molecule has 1 saturated carbocycles. The van der Waals surface area contributed by atoms with Crippen LogP contribution < -0.4 is 10.1 Å². The molecule has 2 aromatic heterocycles. The van der Waals surface area contributed by atoms with Gasteiger partial charge < -0.3 is 19.4 Å². The van der Waals surface area contributed by atoms with Crippen molar-refractivity contribution in [3.63, 3.8) is 0 Å². The van der Waals surface area contributed by atoms with Gasteiger partial charge in [0, 0.05) is 78.6 Å². The number of ether oxygens (including phenoxy) is 2. The van der Waals surface area contributed by atoms with Crippen LogP contribution in [0.15, 0.2) is 54.6 Å². The maximum absolute atomic E-state index is 7.20. The molecule has 1 saturated heterocycles. The smallest absolute Gasteiger partial charge is 0.127 e. The van der Waals surface area contributed by atoms with Gasteiger partial charge in [-0.3, -0.25) is 9.58 Å². The molecule has 0 unspecified atom stereocenters. The Morgan fingerprint density at radius 1 is 0.958 bits per heavy atom. The minimum Gasteiger partial charge on any atom is -0.493 e. The number of aryl methyl sites for hydroxylation is 3. The van der Waals surface area contributed by atoms with Crippen LogP contribution in [0.5, 0.6) is 5.75 Å². The topological polar surface area (TPSA) is 56.5 Å². The summed E-state index contributed by atoms with van der Waals surface area (Å²) in [5.74, 6) is 0.938. The van der Waals surface area contributed by atoms with Gasteiger partial charge in [0.25, 0.3) is 0 Å². The van der Waals surface area contributed by atoms with Crippen molar-refractivity contribution >= 4 is 33.3 Å². The Kier molecular flexibility index (Phi) is 9.09. The van der Waals surface area contributed by atoms with E-state index in [2.05, 4.69) is 104 Å². The third-order valence-electron chi connectivity index (χ3n) is 10.5. The van der Waals surface area contributed by atoms with Gasteiger partial charge in [-0.1, -0.05) is 54.1 Å². The summed E-state index contributed by atoms with van der Waals surface area (Å²) in [5.41, 5.74) is 8.13. The number of nitrogens with one attached hydrogen (secondary N) is 1. The first kappa shape index (κ1) is 33.2. The quantitative estimate of drug-likeness (QED) is 0.144. The molecular formula is C40H50ClN5O2. The Balaban J connectivity index is 1.30. The molecule has 1 spiro atoms. The number of fused-ring (bicyclic) bond motifs is 2. The zero-order valence-electron chi connectivity index (χ0n) is 29.5. The molecule has 0 amide bonds. The van der Waals surface area contributed by atoms with E-state index in [0.29, 0.717) is 18.8 Å². The van der Waals surface area contributed by atoms with E-state index in [1.807, 2.05) is 11.7 Å². The van der Waals surface area contributed by atoms with Gasteiger partial charge in [-0.05, 0) is 83.4 Å². The minimum atomic E-state index is -0.274. The van der Waals surface area contributed by atoms with E-state index in [1.165, 1.54) is 40.4 Å². The van der Waals surface area contributed by atoms with Gasteiger partial charge in [0.05, 0.1) is 35.0 Å². The number of aromatic nitrogens is 3. The lowest BCUT2D eigenvalue weighted by Crippen LogP contribution is -2.53. The SMILES string of the molecule is Cc1nn(C)c(C)c1-c1c(Cl)ccc2c(CCCOc3cccc4ccccc34)c(COC(C)(C)C)n(CCN3CCNCC34CC4)c12. The number of rotatable bonds is 11. The van der Waals surface area contributed by atoms with Crippen molar-refractivity contribution < 1.29 is 9.47 Å². The highest BCUT2D eigenvalue weighted by Crippen LogP contribution is 2.44. The lowest BCUT2D eigenvalue weighted by Gasteiger charge is -2.37. The molecule has 8 heteroatoms. The zero-order valence-corrected chi connectivity index (χ0v) is 30.2. The first-order chi connectivity index (χ1) is 23.1. The molecule has 3 heterocycles. The minimum absolute atomic E-state index is 0.274. The second-order valence-electron chi connectivity index (χ2n) is 14.8. The molecule has 254 valence electrons. The normalized spacial score (nSPS) is 16.4. The second-order valence-corrected chi connectivity index (χ2v) is 15.2. The average molecular weight is 668 g/mol. The lowest BCUT2D eigenvalue weighted by atomic mass is 9.98. The first-order valence-electron chi connectivity index (χ1n) is 17.6. The van der Waals surface area contributed by atoms with Gasteiger partial charge >= 0.3 is 0 Å². The van der Waals surface area contributed by atoms with E-state index in [0.717, 1.165) is 84.2 Å². The van der Waals surface area contributed by atoms with Crippen molar-refractivity contribution in [2.45, 2.75) is 84.6 Å². The van der Waals surface area contributed by atoms with Gasteiger partial charge in [0.1, 0.15) is 5.75 Å². The molecule has 5 aromatic rings. The average Bonchev–Trinajstić information content (AvgIpc) is 3.70. The number of piperazine rings is 1. The Morgan fingerprint density at radius 2 is 1.75 bits per heavy atom. The predicted molar refractivity (Wildman–Crippen MR) is 197 cm³/mol. The van der Waals surface area contributed by atoms with Crippen LogP contribution in [0, 0.1) is 13.8 Å². The molecule has 7 nitrogen and oxygen atoms in total. The predicted octanol–water partition coefficient (Wildman–Crippen LogP) is 8.23. The maximum Gasteiger partial charge on any atom is 0.127 e. The third kappa shape index (κ3) is 6.38. The fourth-order valence-electron chi connectivity index (χ4n) is 7.74. The summed E-state index contributed by atoms with van der Waals surface area (Å²) in [4.78, 5) is 2.73. The number of hydrogen-bond acceptors (Lipinski definition) is 5. The van der Waals surface area contributed by atoms with Crippen molar-refractivity contribution in [3.8, 4) is 16.9 Å². The summed E-state index contributed by atoms with van der Waals surface area (Å²) >= 11 is 7.20. The number of hydrogen-bond donors (Lipinski definition) is 1. The number of benzene rings is 3. The zero-order chi connectivity index (χ0) is 33.6. The van der Waals surface area contributed by atoms with E-state index < -0.39 is 0 Å². The largest absolute Gasteiger partial charge is 0.493 e. The molecule has 0 atom stereocenters. The van der Waals surface area contributed by atoms with Crippen LogP contribution in [0.3, 0.4) is 0 Å². The standard InChI is InChI=1S/C40H50ClN5O2/c1-27-36(28(2)44(6)43-27)37-33(41)17-16-32-31(14-10-24-47-35-15-9-12-29-11-7-8-13-30(29)35)34(25-48-39(3,4)5)46(38(32)37)23-22-45-21-20-42-26-40(45)18-19-40/h7-9,11-13,15-17,42H,10,14,18-26H2,1-6H3. The number of halogens is 1. The van der Waals surface area contributed by atoms with Crippen molar-refractivity contribution in [2.24, 2.45) is 7.05 Å². The van der Waals surface area contributed by atoms with Crippen molar-refractivity contribution in [1.29, 1.82) is 0 Å². The highest BCUT2D eigenvalue weighted by atomic mass is 35.5. The van der Waals surface area contributed by atoms with E-state index in [1.54, 1.807) is 0 Å². The summed E-state index contributed by atoms with van der Waals surface area (Å²) in [5, 5.41) is 12.8. The van der Waals surface area contributed by atoms with Gasteiger partial charge in [-0.2, -0.15) is 5.10 Å². The monoisotopic (exact) mass is 667 g/mol. The molecule has 0 radical (unpaired) electrons. The number of nitrogens with zero attached hydrogens (tertiary/aromatic N) is 4. The Bertz CT molecular complexity index is 1940. The van der Waals surface area contributed by atoms with Gasteiger partial charge in [-0.25, -0.2) is 0 Å². The Hall–Kier alpha value is -3.36. The first-order valence-corrected chi connectivity index (χ1v) is 18.0. The van der Waals surface area contributed by atoms with Crippen molar-refractivity contribution in [3.05, 3.63) is 82.3 Å². The van der Waals surface area contributed by atoms with Crippen LogP contribution in [-0.4, -0.2) is 63.2 Å². The highest BCUT2D eigenvalue weighted by Gasteiger charge is 2.48. The fourth-order valence-corrected chi connectivity index (χ4v) is 7.98. The van der Waals surface area contributed by atoms with Gasteiger partial charge in [0.2, 0.25) is 0 Å². The molecular weight excluding hydrogens is 618 g/mol. The van der Waals surface area contributed by atoms with Crippen molar-refractivity contribution in [1.82, 2.24) is 24.6 Å². The van der Waals surface area contributed by atoms with Crippen LogP contribution >= 0.6 is 11.6 Å². The molecule has 1 aliphatic carbocycles. The maximum atomic E-state index is 7.20. The summed E-state index contributed by atoms with van der Waals surface area (Å²) < 4.78 is 17.6. The molecule has 1 aliphatic heterocycles.